The van der Waals surface area contributed by atoms with Crippen molar-refractivity contribution in [2.24, 2.45) is 0 Å². The smallest absolute Gasteiger partial charge is 0.321 e. The highest BCUT2D eigenvalue weighted by molar-refractivity contribution is 5.90. The average molecular weight is 389 g/mol. The van der Waals surface area contributed by atoms with Crippen molar-refractivity contribution in [3.63, 3.8) is 0 Å². The van der Waals surface area contributed by atoms with Gasteiger partial charge >= 0.3 is 6.03 Å². The summed E-state index contributed by atoms with van der Waals surface area (Å²) in [4.78, 5) is 29.5. The molecule has 3 aromatic rings. The van der Waals surface area contributed by atoms with Crippen LogP contribution in [0.25, 0.3) is 0 Å². The van der Waals surface area contributed by atoms with Gasteiger partial charge in [0.05, 0.1) is 0 Å². The molecule has 2 aromatic heterocycles. The van der Waals surface area contributed by atoms with Gasteiger partial charge in [-0.3, -0.25) is 0 Å². The minimum Gasteiger partial charge on any atom is -0.353 e. The Morgan fingerprint density at radius 2 is 1.72 bits per heavy atom. The number of nitrogens with zero attached hydrogens (tertiary/aromatic N) is 5. The lowest BCUT2D eigenvalue weighted by molar-refractivity contribution is 0.208. The third-order valence-electron chi connectivity index (χ3n) is 4.85. The topological polar surface area (TPSA) is 86.3 Å². The lowest BCUT2D eigenvalue weighted by Gasteiger charge is -2.35. The molecule has 0 saturated carbocycles. The van der Waals surface area contributed by atoms with Crippen LogP contribution in [0, 0.1) is 6.92 Å². The fourth-order valence-corrected chi connectivity index (χ4v) is 3.20. The Morgan fingerprint density at radius 1 is 0.931 bits per heavy atom. The van der Waals surface area contributed by atoms with E-state index in [9.17, 15) is 4.79 Å². The van der Waals surface area contributed by atoms with E-state index in [0.717, 1.165) is 22.9 Å². The van der Waals surface area contributed by atoms with Gasteiger partial charge in [0, 0.05) is 44.1 Å². The standard InChI is InChI=1S/C21H23N7O/c1-16-6-2-3-7-17(16)25-21(29)28-12-10-27(11-13-28)20-14-19(23-15-24-20)26-18-8-4-5-9-22-18/h2-9,14-15H,10-13H2,1H3,(H,25,29)(H,22,23,24,26). The maximum Gasteiger partial charge on any atom is 0.321 e. The Kier molecular flexibility index (Phi) is 5.51. The van der Waals surface area contributed by atoms with Crippen molar-refractivity contribution in [3.05, 3.63) is 66.6 Å². The van der Waals surface area contributed by atoms with E-state index >= 15 is 0 Å². The zero-order valence-corrected chi connectivity index (χ0v) is 16.2. The van der Waals surface area contributed by atoms with Gasteiger partial charge in [-0.2, -0.15) is 0 Å². The lowest BCUT2D eigenvalue weighted by Crippen LogP contribution is -2.50. The first-order valence-corrected chi connectivity index (χ1v) is 9.56. The van der Waals surface area contributed by atoms with Gasteiger partial charge in [0.1, 0.15) is 23.8 Å². The number of piperazine rings is 1. The Morgan fingerprint density at radius 3 is 2.48 bits per heavy atom. The number of anilines is 4. The second kappa shape index (κ2) is 8.55. The molecule has 148 valence electrons. The number of aryl methyl sites for hydroxylation is 1. The molecule has 0 radical (unpaired) electrons. The molecule has 0 unspecified atom stereocenters. The molecule has 8 nitrogen and oxygen atoms in total. The van der Waals surface area contributed by atoms with E-state index in [-0.39, 0.29) is 6.03 Å². The summed E-state index contributed by atoms with van der Waals surface area (Å²) < 4.78 is 0. The van der Waals surface area contributed by atoms with E-state index in [4.69, 9.17) is 0 Å². The van der Waals surface area contributed by atoms with E-state index in [1.54, 1.807) is 6.20 Å². The first-order valence-electron chi connectivity index (χ1n) is 9.56. The summed E-state index contributed by atoms with van der Waals surface area (Å²) in [5, 5.41) is 6.18. The van der Waals surface area contributed by atoms with Crippen LogP contribution in [0.15, 0.2) is 61.1 Å². The minimum atomic E-state index is -0.0702. The first-order chi connectivity index (χ1) is 14.2. The lowest BCUT2D eigenvalue weighted by atomic mass is 10.2. The number of pyridine rings is 1. The zero-order valence-electron chi connectivity index (χ0n) is 16.2. The summed E-state index contributed by atoms with van der Waals surface area (Å²) in [6.45, 7) is 4.66. The van der Waals surface area contributed by atoms with Gasteiger partial charge in [0.15, 0.2) is 0 Å². The maximum absolute atomic E-state index is 12.6. The molecular formula is C21H23N7O. The van der Waals surface area contributed by atoms with Crippen molar-refractivity contribution < 1.29 is 4.79 Å². The van der Waals surface area contributed by atoms with Crippen molar-refractivity contribution in [2.45, 2.75) is 6.92 Å². The molecule has 8 heteroatoms. The summed E-state index contributed by atoms with van der Waals surface area (Å²) in [7, 11) is 0. The molecule has 1 aromatic carbocycles. The Labute approximate surface area is 169 Å². The summed E-state index contributed by atoms with van der Waals surface area (Å²) >= 11 is 0. The number of hydrogen-bond donors (Lipinski definition) is 2. The summed E-state index contributed by atoms with van der Waals surface area (Å²) in [6.07, 6.45) is 3.27. The van der Waals surface area contributed by atoms with Gasteiger partial charge in [-0.1, -0.05) is 24.3 Å². The fourth-order valence-electron chi connectivity index (χ4n) is 3.20. The highest BCUT2D eigenvalue weighted by Crippen LogP contribution is 2.19. The van der Waals surface area contributed by atoms with Crippen LogP contribution >= 0.6 is 0 Å². The number of urea groups is 1. The summed E-state index contributed by atoms with van der Waals surface area (Å²) in [6, 6.07) is 15.3. The molecule has 1 aliphatic heterocycles. The number of carbonyl (C=O) groups excluding carboxylic acids is 1. The van der Waals surface area contributed by atoms with E-state index in [1.165, 1.54) is 6.33 Å². The molecule has 1 saturated heterocycles. The Bertz CT molecular complexity index is 972. The number of hydrogen-bond acceptors (Lipinski definition) is 6. The third kappa shape index (κ3) is 4.60. The van der Waals surface area contributed by atoms with E-state index in [0.29, 0.717) is 32.0 Å². The van der Waals surface area contributed by atoms with Crippen molar-refractivity contribution in [3.8, 4) is 0 Å². The first kappa shape index (κ1) is 18.7. The third-order valence-corrected chi connectivity index (χ3v) is 4.85. The molecule has 0 atom stereocenters. The molecule has 3 heterocycles. The second-order valence-electron chi connectivity index (χ2n) is 6.82. The van der Waals surface area contributed by atoms with Crippen LogP contribution in [0.3, 0.4) is 0 Å². The molecule has 2 N–H and O–H groups in total. The number of amides is 2. The number of rotatable bonds is 4. The van der Waals surface area contributed by atoms with E-state index < -0.39 is 0 Å². The quantitative estimate of drug-likeness (QED) is 0.712. The molecule has 0 aliphatic carbocycles. The number of aromatic nitrogens is 3. The molecule has 0 spiro atoms. The van der Waals surface area contributed by atoms with Crippen LogP contribution < -0.4 is 15.5 Å². The van der Waals surface area contributed by atoms with E-state index in [2.05, 4.69) is 30.5 Å². The van der Waals surface area contributed by atoms with Crippen LogP contribution in [-0.2, 0) is 0 Å². The molecule has 2 amide bonds. The Hall–Kier alpha value is -3.68. The van der Waals surface area contributed by atoms with Gasteiger partial charge < -0.3 is 20.4 Å². The zero-order chi connectivity index (χ0) is 20.1. The number of para-hydroxylation sites is 1. The predicted molar refractivity (Wildman–Crippen MR) is 114 cm³/mol. The predicted octanol–water partition coefficient (Wildman–Crippen LogP) is 3.28. The van der Waals surface area contributed by atoms with Crippen molar-refractivity contribution in [1.29, 1.82) is 0 Å². The van der Waals surface area contributed by atoms with Crippen LogP contribution in [0.4, 0.5) is 27.9 Å². The van der Waals surface area contributed by atoms with Gasteiger partial charge in [-0.25, -0.2) is 19.7 Å². The second-order valence-corrected chi connectivity index (χ2v) is 6.82. The number of nitrogens with one attached hydrogen (secondary N) is 2. The van der Waals surface area contributed by atoms with Gasteiger partial charge in [-0.05, 0) is 30.7 Å². The molecule has 1 fully saturated rings. The highest BCUT2D eigenvalue weighted by Gasteiger charge is 2.22. The van der Waals surface area contributed by atoms with Gasteiger partial charge in [-0.15, -0.1) is 0 Å². The fraction of sp³-hybridized carbons (Fsp3) is 0.238. The van der Waals surface area contributed by atoms with Crippen LogP contribution in [-0.4, -0.2) is 52.1 Å². The van der Waals surface area contributed by atoms with Crippen molar-refractivity contribution in [2.75, 3.05) is 41.7 Å². The molecule has 1 aliphatic rings. The molecule has 0 bridgehead atoms. The molecule has 29 heavy (non-hydrogen) atoms. The normalized spacial score (nSPS) is 13.8. The largest absolute Gasteiger partial charge is 0.353 e. The Balaban J connectivity index is 1.35. The van der Waals surface area contributed by atoms with E-state index in [1.807, 2.05) is 60.4 Å². The van der Waals surface area contributed by atoms with Crippen molar-refractivity contribution >= 4 is 29.2 Å². The molecular weight excluding hydrogens is 366 g/mol. The maximum atomic E-state index is 12.6. The number of benzene rings is 1. The van der Waals surface area contributed by atoms with Gasteiger partial charge in [0.25, 0.3) is 0 Å². The van der Waals surface area contributed by atoms with Gasteiger partial charge in [0.2, 0.25) is 0 Å². The van der Waals surface area contributed by atoms with Crippen LogP contribution in [0.1, 0.15) is 5.56 Å². The number of carbonyl (C=O) groups is 1. The average Bonchev–Trinajstić information content (AvgIpc) is 2.76. The van der Waals surface area contributed by atoms with Crippen molar-refractivity contribution in [1.82, 2.24) is 19.9 Å². The highest BCUT2D eigenvalue weighted by atomic mass is 16.2. The monoisotopic (exact) mass is 389 g/mol. The minimum absolute atomic E-state index is 0.0702. The summed E-state index contributed by atoms with van der Waals surface area (Å²) in [5.41, 5.74) is 1.90. The SMILES string of the molecule is Cc1ccccc1NC(=O)N1CCN(c2cc(Nc3ccccn3)ncn2)CC1. The van der Waals surface area contributed by atoms with Crippen LogP contribution in [0.2, 0.25) is 0 Å². The van der Waals surface area contributed by atoms with Crippen LogP contribution in [0.5, 0.6) is 0 Å². The molecule has 4 rings (SSSR count). The summed E-state index contributed by atoms with van der Waals surface area (Å²) in [5.74, 6) is 2.25.